The van der Waals surface area contributed by atoms with Gasteiger partial charge in [0.05, 0.1) is 47.6 Å². The standard InChI is InChI=1S/C34H54O9/c1-18-14-31(8)21(16-35)9-12-34(31,37)23-10-11-32(36)15-22(13-24-33(32,25(18)23)17-38-29(4,5)41-24)40-28-27-26(19(2)20(3)39-28)42-30(6,7)43-27/h16,18-28,36-37H,9-15,17H2,1-8H3/t18-,19+,20+,21-,22+,23?,24-,25?,26-,27-,28+,31-,32+,33-,34+/m1/s1. The van der Waals surface area contributed by atoms with Crippen molar-refractivity contribution in [3.63, 3.8) is 0 Å². The average molecular weight is 607 g/mol. The Morgan fingerprint density at radius 1 is 0.884 bits per heavy atom. The lowest BCUT2D eigenvalue weighted by atomic mass is 9.39. The number of aliphatic hydroxyl groups is 2. The number of hydrogen-bond acceptors (Lipinski definition) is 9. The van der Waals surface area contributed by atoms with Crippen LogP contribution < -0.4 is 0 Å². The van der Waals surface area contributed by atoms with E-state index in [1.807, 2.05) is 27.7 Å². The molecule has 0 bridgehead atoms. The molecule has 9 heteroatoms. The second-order valence-electron chi connectivity index (χ2n) is 16.7. The molecule has 3 heterocycles. The summed E-state index contributed by atoms with van der Waals surface area (Å²) in [5, 5.41) is 25.4. The zero-order chi connectivity index (χ0) is 31.0. The Balaban J connectivity index is 1.22. The van der Waals surface area contributed by atoms with Gasteiger partial charge >= 0.3 is 0 Å². The van der Waals surface area contributed by atoms with Gasteiger partial charge in [-0.25, -0.2) is 0 Å². The molecule has 0 aromatic heterocycles. The van der Waals surface area contributed by atoms with Gasteiger partial charge in [0.1, 0.15) is 12.4 Å². The molecule has 3 saturated heterocycles. The highest BCUT2D eigenvalue weighted by atomic mass is 16.8. The fourth-order valence-corrected chi connectivity index (χ4v) is 11.5. The first-order valence-corrected chi connectivity index (χ1v) is 16.9. The van der Waals surface area contributed by atoms with Crippen molar-refractivity contribution in [2.24, 2.45) is 40.4 Å². The summed E-state index contributed by atoms with van der Waals surface area (Å²) >= 11 is 0. The van der Waals surface area contributed by atoms with Crippen LogP contribution >= 0.6 is 0 Å². The van der Waals surface area contributed by atoms with E-state index in [2.05, 4.69) is 27.7 Å². The number of rotatable bonds is 3. The van der Waals surface area contributed by atoms with Gasteiger partial charge in [-0.2, -0.15) is 0 Å². The maximum Gasteiger partial charge on any atom is 0.187 e. The molecule has 15 atom stereocenters. The summed E-state index contributed by atoms with van der Waals surface area (Å²) in [6.07, 6.45) is 3.56. The molecule has 2 unspecified atom stereocenters. The quantitative estimate of drug-likeness (QED) is 0.358. The molecule has 0 aromatic carbocycles. The second kappa shape index (κ2) is 9.69. The summed E-state index contributed by atoms with van der Waals surface area (Å²) in [4.78, 5) is 12.2. The fraction of sp³-hybridized carbons (Fsp3) is 0.971. The van der Waals surface area contributed by atoms with Crippen molar-refractivity contribution in [1.29, 1.82) is 0 Å². The first-order valence-electron chi connectivity index (χ1n) is 16.9. The summed E-state index contributed by atoms with van der Waals surface area (Å²) in [6, 6.07) is 0. The molecular weight excluding hydrogens is 552 g/mol. The molecule has 7 aliphatic rings. The van der Waals surface area contributed by atoms with Crippen molar-refractivity contribution >= 4 is 6.29 Å². The van der Waals surface area contributed by atoms with E-state index in [1.54, 1.807) is 0 Å². The Morgan fingerprint density at radius 2 is 1.60 bits per heavy atom. The van der Waals surface area contributed by atoms with Gasteiger partial charge in [0.15, 0.2) is 17.9 Å². The van der Waals surface area contributed by atoms with Crippen LogP contribution in [0.5, 0.6) is 0 Å². The van der Waals surface area contributed by atoms with Gasteiger partial charge in [0.2, 0.25) is 0 Å². The van der Waals surface area contributed by atoms with Crippen LogP contribution in [0.1, 0.15) is 100 Å². The Hall–Kier alpha value is -0.650. The predicted molar refractivity (Wildman–Crippen MR) is 156 cm³/mol. The molecule has 244 valence electrons. The van der Waals surface area contributed by atoms with Crippen molar-refractivity contribution in [2.45, 2.75) is 160 Å². The number of hydrogen-bond donors (Lipinski definition) is 2. The lowest BCUT2D eigenvalue weighted by Gasteiger charge is -2.71. The van der Waals surface area contributed by atoms with Crippen LogP contribution in [0, 0.1) is 40.4 Å². The molecule has 0 radical (unpaired) electrons. The van der Waals surface area contributed by atoms with Crippen LogP contribution in [0.3, 0.4) is 0 Å². The third-order valence-corrected chi connectivity index (χ3v) is 13.6. The van der Waals surface area contributed by atoms with E-state index in [9.17, 15) is 15.0 Å². The number of fused-ring (bicyclic) bond motifs is 4. The number of aldehydes is 1. The molecule has 9 nitrogen and oxygen atoms in total. The summed E-state index contributed by atoms with van der Waals surface area (Å²) in [5.41, 5.74) is -3.24. The lowest BCUT2D eigenvalue weighted by molar-refractivity contribution is -0.404. The van der Waals surface area contributed by atoms with Gasteiger partial charge in [0, 0.05) is 30.1 Å². The maximum absolute atomic E-state index is 12.9. The van der Waals surface area contributed by atoms with Crippen molar-refractivity contribution in [1.82, 2.24) is 0 Å². The minimum absolute atomic E-state index is 0.0136. The smallest absolute Gasteiger partial charge is 0.187 e. The van der Waals surface area contributed by atoms with E-state index >= 15 is 0 Å². The third kappa shape index (κ3) is 4.21. The van der Waals surface area contributed by atoms with Crippen molar-refractivity contribution < 1.29 is 43.4 Å². The first-order chi connectivity index (χ1) is 20.0. The largest absolute Gasteiger partial charge is 0.389 e. The highest BCUT2D eigenvalue weighted by Crippen LogP contribution is 2.72. The van der Waals surface area contributed by atoms with Crippen molar-refractivity contribution in [3.8, 4) is 0 Å². The van der Waals surface area contributed by atoms with Crippen LogP contribution in [-0.4, -0.2) is 82.7 Å². The Morgan fingerprint density at radius 3 is 2.33 bits per heavy atom. The van der Waals surface area contributed by atoms with Crippen LogP contribution in [-0.2, 0) is 33.2 Å². The van der Waals surface area contributed by atoms with Gasteiger partial charge < -0.3 is 43.4 Å². The van der Waals surface area contributed by atoms with Gasteiger partial charge in [-0.15, -0.1) is 0 Å². The topological polar surface area (TPSA) is 113 Å². The van der Waals surface area contributed by atoms with Gasteiger partial charge in [-0.05, 0) is 84.5 Å². The van der Waals surface area contributed by atoms with Crippen molar-refractivity contribution in [3.05, 3.63) is 0 Å². The van der Waals surface area contributed by atoms with E-state index in [4.69, 9.17) is 28.4 Å². The van der Waals surface area contributed by atoms with E-state index < -0.39 is 39.9 Å². The number of ether oxygens (including phenoxy) is 6. The molecule has 7 fully saturated rings. The zero-order valence-electron chi connectivity index (χ0n) is 27.3. The second-order valence-corrected chi connectivity index (χ2v) is 16.7. The van der Waals surface area contributed by atoms with Gasteiger partial charge in [0.25, 0.3) is 0 Å². The summed E-state index contributed by atoms with van der Waals surface area (Å²) in [6.45, 7) is 16.7. The Bertz CT molecular complexity index is 1130. The SMILES string of the molecule is C[C@@H]1[C@H]2OC(C)(C)O[C@H]2[C@H](O[C@H]2C[C@H]3OC(C)(C)OC[C@]34C3C(CC[C@]4(O)C2)[C@@]2(O)CC[C@H](C=O)[C@@]2(C)C[C@H]3C)O[C@H]1C. The molecule has 0 aromatic rings. The van der Waals surface area contributed by atoms with Crippen LogP contribution in [0.4, 0.5) is 0 Å². The fourth-order valence-electron chi connectivity index (χ4n) is 11.5. The molecule has 4 aliphatic carbocycles. The highest BCUT2D eigenvalue weighted by molar-refractivity contribution is 5.57. The minimum atomic E-state index is -1.11. The lowest BCUT2D eigenvalue weighted by Crippen LogP contribution is -2.77. The van der Waals surface area contributed by atoms with Crippen LogP contribution in [0.25, 0.3) is 0 Å². The molecule has 2 N–H and O–H groups in total. The Labute approximate surface area is 256 Å². The van der Waals surface area contributed by atoms with Crippen molar-refractivity contribution in [2.75, 3.05) is 6.61 Å². The van der Waals surface area contributed by atoms with E-state index in [1.165, 1.54) is 0 Å². The number of carbonyl (C=O) groups excluding carboxylic acids is 1. The normalized spacial score (nSPS) is 58.4. The minimum Gasteiger partial charge on any atom is -0.389 e. The third-order valence-electron chi connectivity index (χ3n) is 13.6. The van der Waals surface area contributed by atoms with Crippen LogP contribution in [0.15, 0.2) is 0 Å². The molecule has 3 aliphatic heterocycles. The molecular formula is C34H54O9. The van der Waals surface area contributed by atoms with Gasteiger partial charge in [-0.3, -0.25) is 0 Å². The summed E-state index contributed by atoms with van der Waals surface area (Å²) in [5.74, 6) is -1.41. The summed E-state index contributed by atoms with van der Waals surface area (Å²) in [7, 11) is 0. The Kier molecular flexibility index (Phi) is 6.98. The first kappa shape index (κ1) is 31.0. The van der Waals surface area contributed by atoms with E-state index in [-0.39, 0.29) is 60.1 Å². The molecule has 0 amide bonds. The predicted octanol–water partition coefficient (Wildman–Crippen LogP) is 4.35. The monoisotopic (exact) mass is 606 g/mol. The molecule has 4 saturated carbocycles. The number of carbonyl (C=O) groups is 1. The van der Waals surface area contributed by atoms with E-state index in [0.717, 1.165) is 12.7 Å². The molecule has 43 heavy (non-hydrogen) atoms. The highest BCUT2D eigenvalue weighted by Gasteiger charge is 2.76. The molecule has 1 spiro atoms. The average Bonchev–Trinajstić information content (AvgIpc) is 3.37. The molecule has 7 rings (SSSR count). The van der Waals surface area contributed by atoms with Gasteiger partial charge in [-0.1, -0.05) is 20.8 Å². The van der Waals surface area contributed by atoms with E-state index in [0.29, 0.717) is 45.1 Å². The summed E-state index contributed by atoms with van der Waals surface area (Å²) < 4.78 is 39.0. The zero-order valence-corrected chi connectivity index (χ0v) is 27.3. The van der Waals surface area contributed by atoms with Crippen LogP contribution in [0.2, 0.25) is 0 Å². The maximum atomic E-state index is 12.9.